The highest BCUT2D eigenvalue weighted by atomic mass is 32.2. The van der Waals surface area contributed by atoms with Gasteiger partial charge in [0.25, 0.3) is 0 Å². The standard InChI is InChI=1S/C17H29N7O4S/c1-9-6-12(7-18)22-23-15(9)10(2)20-14(25)8-24-17(26)21-13-4-5-19-11(3)16(13)29(24,27)28/h9-13,15-16,19,22-23H,4-6,8H2,1-3H3,(H,20,25)(H,21,26)/t9?,10-,11?,12?,13?,15?,16?/m0/s1. The maximum atomic E-state index is 13.0. The Labute approximate surface area is 171 Å². The second-order valence-electron chi connectivity index (χ2n) is 8.17. The van der Waals surface area contributed by atoms with Crippen LogP contribution in [0.1, 0.15) is 33.6 Å². The molecule has 0 aromatic rings. The third-order valence-corrected chi connectivity index (χ3v) is 8.35. The molecule has 0 aliphatic carbocycles. The Bertz CT molecular complexity index is 798. The fraction of sp³-hybridized carbons (Fsp3) is 0.824. The van der Waals surface area contributed by atoms with Crippen molar-refractivity contribution in [3.63, 3.8) is 0 Å². The highest BCUT2D eigenvalue weighted by molar-refractivity contribution is 7.90. The van der Waals surface area contributed by atoms with E-state index in [-0.39, 0.29) is 30.1 Å². The Morgan fingerprint density at radius 1 is 1.38 bits per heavy atom. The van der Waals surface area contributed by atoms with E-state index in [4.69, 9.17) is 5.26 Å². The molecule has 0 bridgehead atoms. The number of carbonyl (C=O) groups excluding carboxylic acids is 2. The second kappa shape index (κ2) is 8.43. The summed E-state index contributed by atoms with van der Waals surface area (Å²) in [6.07, 6.45) is 1.16. The van der Waals surface area contributed by atoms with E-state index < -0.39 is 39.8 Å². The molecule has 3 saturated heterocycles. The van der Waals surface area contributed by atoms with E-state index in [0.717, 1.165) is 0 Å². The van der Waals surface area contributed by atoms with Crippen molar-refractivity contribution in [3.8, 4) is 6.07 Å². The zero-order chi connectivity index (χ0) is 21.3. The number of nitriles is 1. The van der Waals surface area contributed by atoms with Crippen molar-refractivity contribution in [2.24, 2.45) is 5.92 Å². The number of urea groups is 1. The van der Waals surface area contributed by atoms with E-state index in [9.17, 15) is 18.0 Å². The first kappa shape index (κ1) is 21.8. The molecular weight excluding hydrogens is 398 g/mol. The van der Waals surface area contributed by atoms with Gasteiger partial charge < -0.3 is 16.0 Å². The minimum atomic E-state index is -3.97. The van der Waals surface area contributed by atoms with Gasteiger partial charge in [0.2, 0.25) is 15.9 Å². The molecule has 0 saturated carbocycles. The Kier molecular flexibility index (Phi) is 6.33. The average Bonchev–Trinajstić information content (AvgIpc) is 2.64. The number of fused-ring (bicyclic) bond motifs is 1. The summed E-state index contributed by atoms with van der Waals surface area (Å²) in [5, 5.41) is 16.8. The van der Waals surface area contributed by atoms with Crippen LogP contribution in [0.15, 0.2) is 0 Å². The first-order chi connectivity index (χ1) is 13.6. The number of hydrogen-bond donors (Lipinski definition) is 5. The predicted molar refractivity (Wildman–Crippen MR) is 105 cm³/mol. The minimum absolute atomic E-state index is 0.119. The zero-order valence-corrected chi connectivity index (χ0v) is 17.6. The average molecular weight is 428 g/mol. The molecule has 0 spiro atoms. The Hall–Kier alpha value is -1.94. The van der Waals surface area contributed by atoms with Crippen molar-refractivity contribution in [1.29, 1.82) is 5.26 Å². The fourth-order valence-corrected chi connectivity index (χ4v) is 6.62. The van der Waals surface area contributed by atoms with E-state index in [1.165, 1.54) is 0 Å². The first-order valence-electron chi connectivity index (χ1n) is 9.90. The maximum absolute atomic E-state index is 13.0. The quantitative estimate of drug-likeness (QED) is 0.358. The summed E-state index contributed by atoms with van der Waals surface area (Å²) in [5.74, 6) is -0.435. The van der Waals surface area contributed by atoms with Gasteiger partial charge in [0.15, 0.2) is 0 Å². The highest BCUT2D eigenvalue weighted by Crippen LogP contribution is 2.26. The first-order valence-corrected chi connectivity index (χ1v) is 11.4. The van der Waals surface area contributed by atoms with E-state index in [0.29, 0.717) is 23.7 Å². The third kappa shape index (κ3) is 4.32. The summed E-state index contributed by atoms with van der Waals surface area (Å²) in [7, 11) is -3.97. The van der Waals surface area contributed by atoms with Crippen LogP contribution < -0.4 is 26.8 Å². The van der Waals surface area contributed by atoms with Crippen molar-refractivity contribution in [1.82, 2.24) is 31.1 Å². The van der Waals surface area contributed by atoms with Gasteiger partial charge in [-0.3, -0.25) is 10.2 Å². The topological polar surface area (TPSA) is 155 Å². The maximum Gasteiger partial charge on any atom is 0.331 e. The summed E-state index contributed by atoms with van der Waals surface area (Å²) >= 11 is 0. The summed E-state index contributed by atoms with van der Waals surface area (Å²) < 4.78 is 26.6. The number of hydrogen-bond acceptors (Lipinski definition) is 8. The molecule has 0 radical (unpaired) electrons. The normalized spacial score (nSPS) is 37.6. The van der Waals surface area contributed by atoms with Gasteiger partial charge in [-0.25, -0.2) is 22.9 Å². The van der Waals surface area contributed by atoms with Crippen LogP contribution in [0.4, 0.5) is 4.79 Å². The fourth-order valence-electron chi connectivity index (χ4n) is 4.51. The molecule has 3 aliphatic rings. The van der Waals surface area contributed by atoms with Gasteiger partial charge in [0.1, 0.15) is 17.8 Å². The summed E-state index contributed by atoms with van der Waals surface area (Å²) in [5.41, 5.74) is 5.94. The second-order valence-corrected chi connectivity index (χ2v) is 10.2. The molecule has 3 rings (SSSR count). The van der Waals surface area contributed by atoms with E-state index in [1.54, 1.807) is 13.8 Å². The number of hydrazine groups is 1. The smallest absolute Gasteiger partial charge is 0.331 e. The number of rotatable bonds is 4. The van der Waals surface area contributed by atoms with Crippen LogP contribution in [0.25, 0.3) is 0 Å². The van der Waals surface area contributed by atoms with Crippen LogP contribution in [0.2, 0.25) is 0 Å². The lowest BCUT2D eigenvalue weighted by Crippen LogP contribution is -2.70. The van der Waals surface area contributed by atoms with Crippen LogP contribution in [0.5, 0.6) is 0 Å². The van der Waals surface area contributed by atoms with Crippen LogP contribution >= 0.6 is 0 Å². The lowest BCUT2D eigenvalue weighted by Gasteiger charge is -2.44. The van der Waals surface area contributed by atoms with Crippen molar-refractivity contribution >= 4 is 22.0 Å². The predicted octanol–water partition coefficient (Wildman–Crippen LogP) is -1.64. The number of piperidine rings is 1. The lowest BCUT2D eigenvalue weighted by molar-refractivity contribution is -0.122. The van der Waals surface area contributed by atoms with E-state index in [2.05, 4.69) is 32.9 Å². The summed E-state index contributed by atoms with van der Waals surface area (Å²) in [6.45, 7) is 5.61. The Balaban J connectivity index is 1.64. The van der Waals surface area contributed by atoms with Gasteiger partial charge in [-0.05, 0) is 39.2 Å². The van der Waals surface area contributed by atoms with Gasteiger partial charge in [-0.15, -0.1) is 0 Å². The Morgan fingerprint density at radius 2 is 2.10 bits per heavy atom. The van der Waals surface area contributed by atoms with Crippen molar-refractivity contribution in [2.45, 2.75) is 69.1 Å². The summed E-state index contributed by atoms with van der Waals surface area (Å²) in [6, 6.07) is -0.156. The number of nitrogens with zero attached hydrogens (tertiary/aromatic N) is 2. The van der Waals surface area contributed by atoms with Crippen LogP contribution in [-0.2, 0) is 14.8 Å². The molecule has 3 amide bonds. The number of amides is 3. The largest absolute Gasteiger partial charge is 0.350 e. The van der Waals surface area contributed by atoms with Gasteiger partial charge in [-0.2, -0.15) is 5.26 Å². The number of sulfonamides is 1. The van der Waals surface area contributed by atoms with Gasteiger partial charge in [0.05, 0.1) is 12.1 Å². The molecule has 6 unspecified atom stereocenters. The molecule has 29 heavy (non-hydrogen) atoms. The molecular formula is C17H29N7O4S. The summed E-state index contributed by atoms with van der Waals surface area (Å²) in [4.78, 5) is 25.0. The molecule has 0 aromatic carbocycles. The lowest BCUT2D eigenvalue weighted by atomic mass is 9.89. The molecule has 0 aromatic heterocycles. The van der Waals surface area contributed by atoms with Gasteiger partial charge in [-0.1, -0.05) is 6.92 Å². The number of carbonyl (C=O) groups is 2. The molecule has 162 valence electrons. The van der Waals surface area contributed by atoms with Crippen LogP contribution in [0.3, 0.4) is 0 Å². The molecule has 12 heteroatoms. The van der Waals surface area contributed by atoms with E-state index >= 15 is 0 Å². The highest BCUT2D eigenvalue weighted by Gasteiger charge is 2.50. The van der Waals surface area contributed by atoms with Gasteiger partial charge >= 0.3 is 6.03 Å². The van der Waals surface area contributed by atoms with Crippen molar-refractivity contribution < 1.29 is 18.0 Å². The Morgan fingerprint density at radius 3 is 2.76 bits per heavy atom. The third-order valence-electron chi connectivity index (χ3n) is 6.01. The monoisotopic (exact) mass is 427 g/mol. The molecule has 7 atom stereocenters. The molecule has 11 nitrogen and oxygen atoms in total. The minimum Gasteiger partial charge on any atom is -0.350 e. The van der Waals surface area contributed by atoms with Crippen LogP contribution in [-0.4, -0.2) is 73.2 Å². The SMILES string of the molecule is CC1CC(C#N)NNC1[C@H](C)NC(=O)CN1C(=O)NC2CCNC(C)C2S1(=O)=O. The molecule has 5 N–H and O–H groups in total. The molecule has 3 heterocycles. The number of nitrogens with one attached hydrogen (secondary N) is 5. The van der Waals surface area contributed by atoms with Crippen molar-refractivity contribution in [3.05, 3.63) is 0 Å². The van der Waals surface area contributed by atoms with Gasteiger partial charge in [0, 0.05) is 18.1 Å². The molecule has 3 aliphatic heterocycles. The van der Waals surface area contributed by atoms with Crippen LogP contribution in [0, 0.1) is 17.2 Å². The zero-order valence-electron chi connectivity index (χ0n) is 16.8. The van der Waals surface area contributed by atoms with E-state index in [1.807, 2.05) is 6.92 Å². The van der Waals surface area contributed by atoms with Crippen molar-refractivity contribution in [2.75, 3.05) is 13.1 Å². The molecule has 3 fully saturated rings.